The maximum absolute atomic E-state index is 15.9. The van der Waals surface area contributed by atoms with E-state index in [2.05, 4.69) is 29.9 Å². The second kappa shape index (κ2) is 24.2. The molecule has 0 unspecified atom stereocenters. The molecule has 0 bridgehead atoms. The Kier molecular flexibility index (Phi) is 16.1. The number of aromatic nitrogens is 12. The summed E-state index contributed by atoms with van der Waals surface area (Å²) in [4.78, 5) is 41.7. The monoisotopic (exact) mass is 1330 g/mol. The number of benzene rings is 3. The predicted octanol–water partition coefficient (Wildman–Crippen LogP) is 11.4. The molecule has 0 amide bonds. The van der Waals surface area contributed by atoms with Crippen LogP contribution in [0, 0.1) is 0 Å². The lowest BCUT2D eigenvalue weighted by Gasteiger charge is -2.28. The van der Waals surface area contributed by atoms with Crippen molar-refractivity contribution in [3.63, 3.8) is 0 Å². The summed E-state index contributed by atoms with van der Waals surface area (Å²) in [6.07, 6.45) is 10.6. The van der Waals surface area contributed by atoms with Crippen LogP contribution in [0.15, 0.2) is 111 Å². The average molecular weight is 1330 g/mol. The largest absolute Gasteiger partial charge is 0.475 e. The molecule has 0 saturated carbocycles. The van der Waals surface area contributed by atoms with Crippen molar-refractivity contribution in [2.24, 2.45) is 0 Å². The van der Waals surface area contributed by atoms with Crippen molar-refractivity contribution in [3.8, 4) is 0 Å². The number of fused-ring (bicyclic) bond motifs is 6. The molecule has 29 heteroatoms. The van der Waals surface area contributed by atoms with E-state index in [1.54, 1.807) is 92.4 Å². The molecule has 9 aromatic rings. The van der Waals surface area contributed by atoms with Crippen LogP contribution >= 0.6 is 42.6 Å². The van der Waals surface area contributed by atoms with E-state index >= 15 is 4.57 Å². The summed E-state index contributed by atoms with van der Waals surface area (Å²) in [5.41, 5.74) is 7.24. The fourth-order valence-electron chi connectivity index (χ4n) is 12.5. The number of phosphoric ester groups is 1. The van der Waals surface area contributed by atoms with Gasteiger partial charge in [0.1, 0.15) is 90.5 Å². The predicted molar refractivity (Wildman–Crippen MR) is 336 cm³/mol. The number of ether oxygens (including phenoxy) is 9. The normalized spacial score (nSPS) is 28.1. The van der Waals surface area contributed by atoms with E-state index in [4.69, 9.17) is 106 Å². The van der Waals surface area contributed by atoms with Crippen molar-refractivity contribution in [2.75, 3.05) is 19.8 Å². The third-order valence-corrected chi connectivity index (χ3v) is 18.5. The Balaban J connectivity index is 0.718. The zero-order valence-corrected chi connectivity index (χ0v) is 53.3. The Morgan fingerprint density at radius 1 is 0.424 bits per heavy atom. The van der Waals surface area contributed by atoms with Gasteiger partial charge in [-0.2, -0.15) is 0 Å². The molecule has 0 N–H and O–H groups in total. The standard InChI is InChI=1S/C63H60Cl3N12O13P/c1-61(2)86-49-43(83-58(52(49)89-61)76-31-73-46-40(67-28-70-55(46)76)19-16-34-10-7-13-37(64)22-34)25-80-92(79,81-26-44-50-53(90-62(3,4)87-50)59(84-44)77-32-74-47-41(68-29-71-56(47)77)20-17-35-11-8-14-38(65)23-35)82-27-45-51-54(91-63(5,6)88-51)60(85-45)78-33-75-48-42(69-30-72-57(48)78)21-18-36-12-9-15-39(66)24-36/h7-24,28-33,43-45,49-54,58-60H,25-27H2,1-6H3/b19-16+,20-17+,21-18+/t43-,44-,45-,49-,50-,51-,52-,53-,54-,58-,59-,60-/m1/s1. The Labute approximate surface area is 541 Å². The molecule has 92 heavy (non-hydrogen) atoms. The lowest BCUT2D eigenvalue weighted by atomic mass is 10.1. The molecule has 6 fully saturated rings. The van der Waals surface area contributed by atoms with Crippen LogP contribution in [0.25, 0.3) is 69.9 Å². The highest BCUT2D eigenvalue weighted by Crippen LogP contribution is 2.55. The first-order valence-electron chi connectivity index (χ1n) is 29.7. The van der Waals surface area contributed by atoms with Gasteiger partial charge in [-0.3, -0.25) is 27.3 Å². The molecule has 15 rings (SSSR count). The van der Waals surface area contributed by atoms with Gasteiger partial charge in [-0.05, 0) is 113 Å². The number of halogens is 3. The summed E-state index contributed by atoms with van der Waals surface area (Å²) < 4.78 is 100. The number of imidazole rings is 3. The number of nitrogens with zero attached hydrogens (tertiary/aromatic N) is 12. The van der Waals surface area contributed by atoms with Crippen molar-refractivity contribution >= 4 is 113 Å². The molecule has 0 aliphatic carbocycles. The molecular formula is C63H60Cl3N12O13P. The number of rotatable bonds is 18. The lowest BCUT2D eigenvalue weighted by molar-refractivity contribution is -0.202. The van der Waals surface area contributed by atoms with Crippen LogP contribution < -0.4 is 0 Å². The van der Waals surface area contributed by atoms with Crippen LogP contribution in [0.2, 0.25) is 15.1 Å². The maximum Gasteiger partial charge on any atom is 0.475 e. The van der Waals surface area contributed by atoms with Gasteiger partial charge in [0, 0.05) is 15.1 Å². The van der Waals surface area contributed by atoms with E-state index in [0.29, 0.717) is 65.6 Å². The average Bonchev–Trinajstić information content (AvgIpc) is 1.61. The Hall–Kier alpha value is -6.85. The SMILES string of the molecule is CC1(C)O[C@@H]2[C@H](O1)[C@@H](COP(=O)(OC[C@H]1O[C@@H](n3cnc4c(/C=C/c5cccc(Cl)c5)ncnc43)[C@@H]3OC(C)(C)O[C@@H]31)OC[C@H]1O[C@@H](n3cnc4c(/C=C/c5cccc(Cl)c5)ncnc43)[C@@H]3OC(C)(C)O[C@@H]31)O[C@H]2n1cnc2c(/C=C/c3cccc(Cl)c3)ncnc21. The van der Waals surface area contributed by atoms with Gasteiger partial charge < -0.3 is 42.6 Å². The number of phosphoric acid groups is 1. The molecule has 0 spiro atoms. The molecule has 12 atom stereocenters. The molecule has 6 aromatic heterocycles. The van der Waals surface area contributed by atoms with Crippen LogP contribution in [0.4, 0.5) is 0 Å². The molecule has 6 aliphatic heterocycles. The van der Waals surface area contributed by atoms with Gasteiger partial charge in [-0.15, -0.1) is 0 Å². The van der Waals surface area contributed by atoms with Gasteiger partial charge in [-0.1, -0.05) is 89.4 Å². The number of hydrogen-bond donors (Lipinski definition) is 0. The van der Waals surface area contributed by atoms with Gasteiger partial charge in [0.05, 0.1) is 55.9 Å². The topological polar surface area (TPSA) is 259 Å². The smallest absolute Gasteiger partial charge is 0.347 e. The summed E-state index contributed by atoms with van der Waals surface area (Å²) in [5, 5.41) is 1.80. The quantitative estimate of drug-likeness (QED) is 0.0723. The zero-order valence-electron chi connectivity index (χ0n) is 50.2. The Morgan fingerprint density at radius 2 is 0.717 bits per heavy atom. The van der Waals surface area contributed by atoms with E-state index in [1.807, 2.05) is 91.1 Å². The van der Waals surface area contributed by atoms with E-state index in [-0.39, 0.29) is 19.8 Å². The van der Waals surface area contributed by atoms with Gasteiger partial charge in [-0.25, -0.2) is 49.4 Å². The van der Waals surface area contributed by atoms with Gasteiger partial charge >= 0.3 is 7.82 Å². The molecule has 12 heterocycles. The van der Waals surface area contributed by atoms with Crippen LogP contribution in [-0.2, 0) is 60.8 Å². The van der Waals surface area contributed by atoms with Crippen molar-refractivity contribution in [1.82, 2.24) is 58.6 Å². The second-order valence-corrected chi connectivity index (χ2v) is 27.1. The van der Waals surface area contributed by atoms with Crippen LogP contribution in [0.5, 0.6) is 0 Å². The summed E-state index contributed by atoms with van der Waals surface area (Å²) in [6.45, 7) is 9.67. The van der Waals surface area contributed by atoms with E-state index in [1.165, 1.54) is 19.0 Å². The fraction of sp³-hybridized carbons (Fsp3) is 0.381. The fourth-order valence-corrected chi connectivity index (χ4v) is 14.4. The van der Waals surface area contributed by atoms with Crippen LogP contribution in [-0.4, -0.2) is 151 Å². The minimum atomic E-state index is -4.76. The molecule has 6 aliphatic rings. The highest BCUT2D eigenvalue weighted by Gasteiger charge is 2.60. The number of hydrogen-bond acceptors (Lipinski definition) is 22. The molecule has 476 valence electrons. The third kappa shape index (κ3) is 12.1. The highest BCUT2D eigenvalue weighted by atomic mass is 35.5. The third-order valence-electron chi connectivity index (χ3n) is 16.4. The Morgan fingerprint density at radius 3 is 1.01 bits per heavy atom. The molecule has 25 nitrogen and oxygen atoms in total. The highest BCUT2D eigenvalue weighted by molar-refractivity contribution is 7.48. The van der Waals surface area contributed by atoms with E-state index < -0.39 is 98.8 Å². The van der Waals surface area contributed by atoms with E-state index in [0.717, 1.165) is 16.7 Å². The van der Waals surface area contributed by atoms with Crippen molar-refractivity contribution in [1.29, 1.82) is 0 Å². The summed E-state index contributed by atoms with van der Waals surface area (Å²) in [6, 6.07) is 22.3. The summed E-state index contributed by atoms with van der Waals surface area (Å²) >= 11 is 18.9. The Bertz CT molecular complexity index is 4000. The van der Waals surface area contributed by atoms with Crippen LogP contribution in [0.1, 0.15) is 94.0 Å². The van der Waals surface area contributed by atoms with Gasteiger partial charge in [0.25, 0.3) is 0 Å². The second-order valence-electron chi connectivity index (χ2n) is 24.1. The lowest BCUT2D eigenvalue weighted by Crippen LogP contribution is -2.35. The van der Waals surface area contributed by atoms with Crippen molar-refractivity contribution in [3.05, 3.63) is 160 Å². The molecule has 6 saturated heterocycles. The zero-order chi connectivity index (χ0) is 63.3. The van der Waals surface area contributed by atoms with E-state index in [9.17, 15) is 0 Å². The first-order valence-corrected chi connectivity index (χ1v) is 32.3. The first-order chi connectivity index (χ1) is 44.3. The summed E-state index contributed by atoms with van der Waals surface area (Å²) in [7, 11) is -4.76. The maximum atomic E-state index is 15.9. The summed E-state index contributed by atoms with van der Waals surface area (Å²) in [5.74, 6) is -3.21. The van der Waals surface area contributed by atoms with Crippen molar-refractivity contribution < 1.29 is 60.8 Å². The minimum absolute atomic E-state index is 0.382. The first kappa shape index (κ1) is 61.3. The molecule has 0 radical (unpaired) electrons. The van der Waals surface area contributed by atoms with Crippen molar-refractivity contribution in [2.45, 2.75) is 133 Å². The molecule has 3 aromatic carbocycles. The molecular weight excluding hydrogens is 1270 g/mol. The van der Waals surface area contributed by atoms with Gasteiger partial charge in [0.15, 0.2) is 53.0 Å². The minimum Gasteiger partial charge on any atom is -0.347 e. The van der Waals surface area contributed by atoms with Gasteiger partial charge in [0.2, 0.25) is 0 Å². The van der Waals surface area contributed by atoms with Crippen LogP contribution in [0.3, 0.4) is 0 Å².